The molecule has 1 unspecified atom stereocenters. The van der Waals surface area contributed by atoms with Gasteiger partial charge in [0.05, 0.1) is 12.7 Å². The van der Waals surface area contributed by atoms with Crippen LogP contribution >= 0.6 is 0 Å². The number of hydrogen-bond donors (Lipinski definition) is 2. The summed E-state index contributed by atoms with van der Waals surface area (Å²) < 4.78 is 5.48. The molecule has 0 spiro atoms. The molecule has 0 bridgehead atoms. The van der Waals surface area contributed by atoms with Gasteiger partial charge in [0, 0.05) is 13.1 Å². The van der Waals surface area contributed by atoms with Gasteiger partial charge in [-0.3, -0.25) is 0 Å². The summed E-state index contributed by atoms with van der Waals surface area (Å²) in [6.07, 6.45) is 0.259. The zero-order valence-electron chi connectivity index (χ0n) is 8.81. The quantitative estimate of drug-likeness (QED) is 0.550. The van der Waals surface area contributed by atoms with E-state index in [1.807, 2.05) is 18.2 Å². The highest BCUT2D eigenvalue weighted by atomic mass is 16.5. The largest absolute Gasteiger partial charge is 0.375 e. The number of morpholine rings is 1. The van der Waals surface area contributed by atoms with Gasteiger partial charge in [-0.15, -0.1) is 0 Å². The molecular weight excluding hydrogens is 192 g/mol. The smallest absolute Gasteiger partial charge is 0.142 e. The second kappa shape index (κ2) is 4.46. The highest BCUT2D eigenvalue weighted by molar-refractivity contribution is 5.46. The first-order chi connectivity index (χ1) is 7.29. The van der Waals surface area contributed by atoms with E-state index in [1.165, 1.54) is 0 Å². The monoisotopic (exact) mass is 208 g/mol. The van der Waals surface area contributed by atoms with Crippen LogP contribution in [0.3, 0.4) is 0 Å². The Morgan fingerprint density at radius 2 is 2.47 bits per heavy atom. The topological polar surface area (TPSA) is 63.4 Å². The molecule has 5 heteroatoms. The second-order valence-corrected chi connectivity index (χ2v) is 3.65. The Bertz CT molecular complexity index is 331. The van der Waals surface area contributed by atoms with Gasteiger partial charge in [-0.1, -0.05) is 6.07 Å². The standard InChI is InChI=1S/C10H16N4O/c1-8-7-14(5-6-15-8)10-4-2-3-9(12-10)13-11/h2-4,8H,5-7,11H2,1H3,(H,12,13). The van der Waals surface area contributed by atoms with E-state index in [-0.39, 0.29) is 6.10 Å². The Hall–Kier alpha value is -1.33. The fraction of sp³-hybridized carbons (Fsp3) is 0.500. The van der Waals surface area contributed by atoms with Gasteiger partial charge in [-0.2, -0.15) is 0 Å². The molecule has 3 N–H and O–H groups in total. The van der Waals surface area contributed by atoms with Crippen molar-refractivity contribution in [1.29, 1.82) is 0 Å². The van der Waals surface area contributed by atoms with Crippen molar-refractivity contribution in [2.75, 3.05) is 30.0 Å². The van der Waals surface area contributed by atoms with Crippen molar-refractivity contribution in [2.24, 2.45) is 5.84 Å². The lowest BCUT2D eigenvalue weighted by molar-refractivity contribution is 0.0529. The molecule has 1 aromatic rings. The number of ether oxygens (including phenoxy) is 1. The van der Waals surface area contributed by atoms with Crippen LogP contribution in [-0.4, -0.2) is 30.8 Å². The fourth-order valence-corrected chi connectivity index (χ4v) is 1.71. The van der Waals surface area contributed by atoms with Crippen molar-refractivity contribution in [3.63, 3.8) is 0 Å². The third-order valence-corrected chi connectivity index (χ3v) is 2.45. The van der Waals surface area contributed by atoms with E-state index in [4.69, 9.17) is 10.6 Å². The highest BCUT2D eigenvalue weighted by Gasteiger charge is 2.17. The van der Waals surface area contributed by atoms with Gasteiger partial charge in [0.2, 0.25) is 0 Å². The summed E-state index contributed by atoms with van der Waals surface area (Å²) in [4.78, 5) is 6.59. The maximum atomic E-state index is 5.48. The Morgan fingerprint density at radius 1 is 1.60 bits per heavy atom. The molecule has 82 valence electrons. The molecule has 5 nitrogen and oxygen atoms in total. The average Bonchev–Trinajstić information content (AvgIpc) is 2.29. The second-order valence-electron chi connectivity index (χ2n) is 3.65. The van der Waals surface area contributed by atoms with Crippen molar-refractivity contribution < 1.29 is 4.74 Å². The number of rotatable bonds is 2. The molecule has 0 radical (unpaired) electrons. The minimum atomic E-state index is 0.259. The van der Waals surface area contributed by atoms with Gasteiger partial charge in [-0.25, -0.2) is 10.8 Å². The van der Waals surface area contributed by atoms with Gasteiger partial charge in [0.25, 0.3) is 0 Å². The first kappa shape index (κ1) is 10.2. The van der Waals surface area contributed by atoms with E-state index in [0.717, 1.165) is 25.5 Å². The number of hydrazine groups is 1. The summed E-state index contributed by atoms with van der Waals surface area (Å²) in [5.74, 6) is 6.95. The van der Waals surface area contributed by atoms with Crippen molar-refractivity contribution in [1.82, 2.24) is 4.98 Å². The number of anilines is 2. The summed E-state index contributed by atoms with van der Waals surface area (Å²) in [5.41, 5.74) is 2.55. The maximum absolute atomic E-state index is 5.48. The number of aromatic nitrogens is 1. The van der Waals surface area contributed by atoms with Crippen molar-refractivity contribution in [3.8, 4) is 0 Å². The number of nitrogens with one attached hydrogen (secondary N) is 1. The van der Waals surface area contributed by atoms with Crippen molar-refractivity contribution in [3.05, 3.63) is 18.2 Å². The maximum Gasteiger partial charge on any atom is 0.142 e. The lowest BCUT2D eigenvalue weighted by Gasteiger charge is -2.32. The van der Waals surface area contributed by atoms with Crippen LogP contribution in [0, 0.1) is 0 Å². The molecule has 0 aromatic carbocycles. The molecule has 2 rings (SSSR count). The van der Waals surface area contributed by atoms with Crippen molar-refractivity contribution in [2.45, 2.75) is 13.0 Å². The Labute approximate surface area is 89.2 Å². The SMILES string of the molecule is CC1CN(c2cccc(NN)n2)CCO1. The van der Waals surface area contributed by atoms with Gasteiger partial charge in [0.1, 0.15) is 11.6 Å². The molecule has 1 aliphatic heterocycles. The van der Waals surface area contributed by atoms with Crippen LogP contribution < -0.4 is 16.2 Å². The van der Waals surface area contributed by atoms with Crippen molar-refractivity contribution >= 4 is 11.6 Å². The Kier molecular flexibility index (Phi) is 3.03. The Morgan fingerprint density at radius 3 is 3.20 bits per heavy atom. The third kappa shape index (κ3) is 2.37. The normalized spacial score (nSPS) is 21.5. The van der Waals surface area contributed by atoms with Gasteiger partial charge in [0.15, 0.2) is 0 Å². The van der Waals surface area contributed by atoms with E-state index in [2.05, 4.69) is 22.2 Å². The van der Waals surface area contributed by atoms with Crippen LogP contribution in [0.4, 0.5) is 11.6 Å². The minimum Gasteiger partial charge on any atom is -0.375 e. The zero-order valence-corrected chi connectivity index (χ0v) is 8.81. The minimum absolute atomic E-state index is 0.259. The molecule has 0 aliphatic carbocycles. The molecule has 1 saturated heterocycles. The molecule has 2 heterocycles. The zero-order chi connectivity index (χ0) is 10.7. The van der Waals surface area contributed by atoms with Gasteiger partial charge in [-0.05, 0) is 19.1 Å². The lowest BCUT2D eigenvalue weighted by atomic mass is 10.3. The lowest BCUT2D eigenvalue weighted by Crippen LogP contribution is -2.41. The van der Waals surface area contributed by atoms with E-state index in [1.54, 1.807) is 0 Å². The first-order valence-electron chi connectivity index (χ1n) is 5.10. The number of pyridine rings is 1. The fourth-order valence-electron chi connectivity index (χ4n) is 1.71. The van der Waals surface area contributed by atoms with Crippen LogP contribution in [0.1, 0.15) is 6.92 Å². The Balaban J connectivity index is 2.13. The van der Waals surface area contributed by atoms with E-state index in [0.29, 0.717) is 5.82 Å². The third-order valence-electron chi connectivity index (χ3n) is 2.45. The van der Waals surface area contributed by atoms with Crippen LogP contribution in [-0.2, 0) is 4.74 Å². The molecule has 0 amide bonds. The van der Waals surface area contributed by atoms with Crippen LogP contribution in [0.5, 0.6) is 0 Å². The average molecular weight is 208 g/mol. The van der Waals surface area contributed by atoms with Gasteiger partial charge >= 0.3 is 0 Å². The number of nitrogens with zero attached hydrogens (tertiary/aromatic N) is 2. The molecule has 1 fully saturated rings. The highest BCUT2D eigenvalue weighted by Crippen LogP contribution is 2.16. The number of nitrogen functional groups attached to an aromatic ring is 1. The summed E-state index contributed by atoms with van der Waals surface area (Å²) in [5, 5.41) is 0. The predicted octanol–water partition coefficient (Wildman–Crippen LogP) is 0.592. The molecule has 1 aromatic heterocycles. The van der Waals surface area contributed by atoms with Crippen LogP contribution in [0.25, 0.3) is 0 Å². The predicted molar refractivity (Wildman–Crippen MR) is 59.7 cm³/mol. The van der Waals surface area contributed by atoms with E-state index >= 15 is 0 Å². The summed E-state index contributed by atoms with van der Waals surface area (Å²) in [7, 11) is 0. The molecule has 15 heavy (non-hydrogen) atoms. The molecule has 1 atom stereocenters. The number of hydrogen-bond acceptors (Lipinski definition) is 5. The summed E-state index contributed by atoms with van der Waals surface area (Å²) >= 11 is 0. The number of nitrogens with two attached hydrogens (primary N) is 1. The van der Waals surface area contributed by atoms with E-state index in [9.17, 15) is 0 Å². The van der Waals surface area contributed by atoms with Crippen LogP contribution in [0.2, 0.25) is 0 Å². The summed E-state index contributed by atoms with van der Waals surface area (Å²) in [6, 6.07) is 5.77. The van der Waals surface area contributed by atoms with Crippen LogP contribution in [0.15, 0.2) is 18.2 Å². The molecule has 0 saturated carbocycles. The molecule has 1 aliphatic rings. The summed E-state index contributed by atoms with van der Waals surface area (Å²) in [6.45, 7) is 4.58. The first-order valence-corrected chi connectivity index (χ1v) is 5.10. The van der Waals surface area contributed by atoms with E-state index < -0.39 is 0 Å². The molecular formula is C10H16N4O. The van der Waals surface area contributed by atoms with Gasteiger partial charge < -0.3 is 15.1 Å².